The second-order valence-corrected chi connectivity index (χ2v) is 5.80. The lowest BCUT2D eigenvalue weighted by atomic mass is 9.89. The highest BCUT2D eigenvalue weighted by Crippen LogP contribution is 2.21. The van der Waals surface area contributed by atoms with Crippen molar-refractivity contribution in [2.75, 3.05) is 5.32 Å². The molecule has 1 aliphatic carbocycles. The molecular formula is C17H23N3O2. The van der Waals surface area contributed by atoms with Gasteiger partial charge in [0.1, 0.15) is 0 Å². The molecule has 2 rings (SSSR count). The van der Waals surface area contributed by atoms with Gasteiger partial charge in [-0.3, -0.25) is 9.59 Å². The van der Waals surface area contributed by atoms with Crippen LogP contribution in [-0.2, 0) is 4.79 Å². The molecule has 5 heteroatoms. The molecule has 0 spiro atoms. The van der Waals surface area contributed by atoms with Crippen molar-refractivity contribution >= 4 is 23.2 Å². The molecule has 1 aromatic rings. The smallest absolute Gasteiger partial charge is 0.271 e. The molecule has 0 saturated heterocycles. The summed E-state index contributed by atoms with van der Waals surface area (Å²) < 4.78 is 0. The maximum Gasteiger partial charge on any atom is 0.271 e. The van der Waals surface area contributed by atoms with Crippen molar-refractivity contribution in [3.05, 3.63) is 29.8 Å². The fraction of sp³-hybridized carbons (Fsp3) is 0.471. The van der Waals surface area contributed by atoms with E-state index in [2.05, 4.69) is 22.8 Å². The van der Waals surface area contributed by atoms with Crippen molar-refractivity contribution in [3.8, 4) is 0 Å². The summed E-state index contributed by atoms with van der Waals surface area (Å²) in [5, 5.41) is 6.99. The van der Waals surface area contributed by atoms with Crippen LogP contribution in [-0.4, -0.2) is 17.5 Å². The average molecular weight is 301 g/mol. The number of nitrogens with one attached hydrogen (secondary N) is 2. The maximum absolute atomic E-state index is 12.1. The quantitative estimate of drug-likeness (QED) is 0.837. The Bertz CT molecular complexity index is 564. The van der Waals surface area contributed by atoms with Crippen LogP contribution in [0.15, 0.2) is 29.4 Å². The molecule has 1 atom stereocenters. The van der Waals surface area contributed by atoms with E-state index >= 15 is 0 Å². The lowest BCUT2D eigenvalue weighted by Crippen LogP contribution is -2.22. The van der Waals surface area contributed by atoms with Crippen molar-refractivity contribution in [2.24, 2.45) is 11.0 Å². The Kier molecular flexibility index (Phi) is 5.69. The number of hydrazone groups is 1. The molecule has 1 saturated carbocycles. The average Bonchev–Trinajstić information content (AvgIpc) is 2.53. The standard InChI is InChI=1S/C17H23N3O2/c1-3-16(21)18-14-9-7-13(8-10-14)17(22)20-19-15-6-4-5-12(2)11-15/h7-10,12H,3-6,11H2,1-2H3,(H,18,21)(H,20,22). The molecule has 0 aliphatic heterocycles. The number of carbonyl (C=O) groups excluding carboxylic acids is 2. The van der Waals surface area contributed by atoms with Crippen LogP contribution in [0, 0.1) is 5.92 Å². The van der Waals surface area contributed by atoms with Crippen LogP contribution in [0.25, 0.3) is 0 Å². The zero-order valence-corrected chi connectivity index (χ0v) is 13.2. The zero-order valence-electron chi connectivity index (χ0n) is 13.2. The van der Waals surface area contributed by atoms with Crippen LogP contribution in [0.3, 0.4) is 0 Å². The summed E-state index contributed by atoms with van der Waals surface area (Å²) >= 11 is 0. The summed E-state index contributed by atoms with van der Waals surface area (Å²) in [6.07, 6.45) is 4.73. The Labute approximate surface area is 131 Å². The molecular weight excluding hydrogens is 278 g/mol. The summed E-state index contributed by atoms with van der Waals surface area (Å²) in [6, 6.07) is 6.81. The predicted octanol–water partition coefficient (Wildman–Crippen LogP) is 3.33. The van der Waals surface area contributed by atoms with Crippen LogP contribution < -0.4 is 10.7 Å². The lowest BCUT2D eigenvalue weighted by molar-refractivity contribution is -0.115. The first-order valence-electron chi connectivity index (χ1n) is 7.84. The summed E-state index contributed by atoms with van der Waals surface area (Å²) in [7, 11) is 0. The fourth-order valence-corrected chi connectivity index (χ4v) is 2.51. The van der Waals surface area contributed by atoms with Crippen molar-refractivity contribution < 1.29 is 9.59 Å². The van der Waals surface area contributed by atoms with Crippen LogP contribution in [0.2, 0.25) is 0 Å². The van der Waals surface area contributed by atoms with Gasteiger partial charge in [0, 0.05) is 23.4 Å². The third-order valence-electron chi connectivity index (χ3n) is 3.81. The molecule has 118 valence electrons. The van der Waals surface area contributed by atoms with Gasteiger partial charge in [0.2, 0.25) is 5.91 Å². The van der Waals surface area contributed by atoms with Crippen molar-refractivity contribution in [3.63, 3.8) is 0 Å². The molecule has 1 fully saturated rings. The summed E-state index contributed by atoms with van der Waals surface area (Å²) in [4.78, 5) is 23.3. The molecule has 1 unspecified atom stereocenters. The Balaban J connectivity index is 1.92. The molecule has 0 radical (unpaired) electrons. The van der Waals surface area contributed by atoms with Crippen LogP contribution in [0.1, 0.15) is 56.3 Å². The van der Waals surface area contributed by atoms with E-state index in [-0.39, 0.29) is 11.8 Å². The van der Waals surface area contributed by atoms with Gasteiger partial charge in [0.25, 0.3) is 5.91 Å². The maximum atomic E-state index is 12.1. The number of hydrogen-bond acceptors (Lipinski definition) is 3. The highest BCUT2D eigenvalue weighted by atomic mass is 16.2. The minimum Gasteiger partial charge on any atom is -0.326 e. The van der Waals surface area contributed by atoms with Crippen LogP contribution in [0.5, 0.6) is 0 Å². The van der Waals surface area contributed by atoms with Crippen molar-refractivity contribution in [1.29, 1.82) is 0 Å². The lowest BCUT2D eigenvalue weighted by Gasteiger charge is -2.18. The Morgan fingerprint density at radius 1 is 1.27 bits per heavy atom. The van der Waals surface area contributed by atoms with Crippen molar-refractivity contribution in [2.45, 2.75) is 46.0 Å². The SMILES string of the molecule is CCC(=O)Nc1ccc(C(=O)NN=C2CCCC(C)C2)cc1. The first-order chi connectivity index (χ1) is 10.6. The van der Waals surface area contributed by atoms with Gasteiger partial charge in [-0.05, 0) is 55.9 Å². The van der Waals surface area contributed by atoms with Gasteiger partial charge in [-0.1, -0.05) is 13.8 Å². The number of amides is 2. The van der Waals surface area contributed by atoms with E-state index in [1.807, 2.05) is 0 Å². The topological polar surface area (TPSA) is 70.6 Å². The van der Waals surface area contributed by atoms with E-state index in [0.717, 1.165) is 25.0 Å². The highest BCUT2D eigenvalue weighted by molar-refractivity contribution is 5.96. The molecule has 2 N–H and O–H groups in total. The highest BCUT2D eigenvalue weighted by Gasteiger charge is 2.14. The molecule has 1 aromatic carbocycles. The molecule has 0 bridgehead atoms. The van der Waals surface area contributed by atoms with Gasteiger partial charge in [-0.2, -0.15) is 5.10 Å². The Morgan fingerprint density at radius 2 is 2.00 bits per heavy atom. The Morgan fingerprint density at radius 3 is 2.64 bits per heavy atom. The van der Waals surface area contributed by atoms with Gasteiger partial charge in [-0.15, -0.1) is 0 Å². The van der Waals surface area contributed by atoms with Crippen LogP contribution >= 0.6 is 0 Å². The second-order valence-electron chi connectivity index (χ2n) is 5.80. The summed E-state index contributed by atoms with van der Waals surface area (Å²) in [6.45, 7) is 4.00. The predicted molar refractivity (Wildman–Crippen MR) is 87.9 cm³/mol. The normalized spacial score (nSPS) is 19.7. The molecule has 22 heavy (non-hydrogen) atoms. The number of hydrogen-bond donors (Lipinski definition) is 2. The number of rotatable bonds is 4. The number of benzene rings is 1. The van der Waals surface area contributed by atoms with Gasteiger partial charge >= 0.3 is 0 Å². The first kappa shape index (κ1) is 16.2. The van der Waals surface area contributed by atoms with E-state index < -0.39 is 0 Å². The van der Waals surface area contributed by atoms with Gasteiger partial charge in [0.05, 0.1) is 0 Å². The molecule has 0 aromatic heterocycles. The summed E-state index contributed by atoms with van der Waals surface area (Å²) in [5.74, 6) is 0.375. The molecule has 1 aliphatic rings. The van der Waals surface area contributed by atoms with E-state index in [4.69, 9.17) is 0 Å². The fourth-order valence-electron chi connectivity index (χ4n) is 2.51. The molecule has 0 heterocycles. The zero-order chi connectivity index (χ0) is 15.9. The largest absolute Gasteiger partial charge is 0.326 e. The van der Waals surface area contributed by atoms with E-state index in [0.29, 0.717) is 23.6 Å². The third kappa shape index (κ3) is 4.69. The van der Waals surface area contributed by atoms with Gasteiger partial charge in [0.15, 0.2) is 0 Å². The second kappa shape index (κ2) is 7.73. The number of anilines is 1. The van der Waals surface area contributed by atoms with E-state index in [1.165, 1.54) is 6.42 Å². The first-order valence-corrected chi connectivity index (χ1v) is 7.84. The Hall–Kier alpha value is -2.17. The van der Waals surface area contributed by atoms with E-state index in [1.54, 1.807) is 31.2 Å². The minimum absolute atomic E-state index is 0.0463. The number of carbonyl (C=O) groups is 2. The van der Waals surface area contributed by atoms with E-state index in [9.17, 15) is 9.59 Å². The van der Waals surface area contributed by atoms with Crippen LogP contribution in [0.4, 0.5) is 5.69 Å². The third-order valence-corrected chi connectivity index (χ3v) is 3.81. The minimum atomic E-state index is -0.223. The molecule has 5 nitrogen and oxygen atoms in total. The van der Waals surface area contributed by atoms with Gasteiger partial charge in [-0.25, -0.2) is 5.43 Å². The van der Waals surface area contributed by atoms with Gasteiger partial charge < -0.3 is 5.32 Å². The number of nitrogens with zero attached hydrogens (tertiary/aromatic N) is 1. The molecule has 2 amide bonds. The van der Waals surface area contributed by atoms with Crippen molar-refractivity contribution in [1.82, 2.24) is 5.43 Å². The summed E-state index contributed by atoms with van der Waals surface area (Å²) in [5.41, 5.74) is 4.91. The monoisotopic (exact) mass is 301 g/mol.